The van der Waals surface area contributed by atoms with E-state index in [2.05, 4.69) is 26.8 Å². The van der Waals surface area contributed by atoms with Crippen LogP contribution in [0.4, 0.5) is 0 Å². The molecule has 0 saturated carbocycles. The Kier molecular flexibility index (Phi) is 2.97. The van der Waals surface area contributed by atoms with E-state index >= 15 is 0 Å². The molecule has 4 heteroatoms. The van der Waals surface area contributed by atoms with Crippen LogP contribution in [-0.2, 0) is 13.5 Å². The third-order valence-electron chi connectivity index (χ3n) is 2.20. The second-order valence-electron chi connectivity index (χ2n) is 3.39. The maximum absolute atomic E-state index is 4.23. The Labute approximate surface area is 94.4 Å². The highest BCUT2D eigenvalue weighted by Gasteiger charge is 1.94. The lowest BCUT2D eigenvalue weighted by Crippen LogP contribution is -1.92. The lowest BCUT2D eigenvalue weighted by atomic mass is 10.3. The summed E-state index contributed by atoms with van der Waals surface area (Å²) in [7, 11) is 1.91. The summed E-state index contributed by atoms with van der Waals surface area (Å²) in [5.41, 5.74) is 2.52. The molecule has 0 saturated heterocycles. The third-order valence-corrected chi connectivity index (χ3v) is 2.20. The van der Waals surface area contributed by atoms with Crippen LogP contribution in [-0.4, -0.2) is 19.5 Å². The van der Waals surface area contributed by atoms with Crippen LogP contribution in [0, 0.1) is 11.8 Å². The van der Waals surface area contributed by atoms with Crippen LogP contribution in [0.5, 0.6) is 0 Å². The summed E-state index contributed by atoms with van der Waals surface area (Å²) >= 11 is 0. The maximum Gasteiger partial charge on any atom is 0.131 e. The standard InChI is InChI=1S/C12H12N4/c1-3-10-6-15-11(7-14-10)4-5-12-8-13-9-16(12)2/h6-9H,3H2,1-2H3. The first kappa shape index (κ1) is 10.4. The molecule has 0 spiro atoms. The highest BCUT2D eigenvalue weighted by Crippen LogP contribution is 1.96. The van der Waals surface area contributed by atoms with Crippen molar-refractivity contribution < 1.29 is 0 Å². The maximum atomic E-state index is 4.23. The summed E-state index contributed by atoms with van der Waals surface area (Å²) in [6, 6.07) is 0. The Hall–Kier alpha value is -2.15. The van der Waals surface area contributed by atoms with Gasteiger partial charge in [0.2, 0.25) is 0 Å². The van der Waals surface area contributed by atoms with E-state index in [0.717, 1.165) is 17.8 Å². The fourth-order valence-electron chi connectivity index (χ4n) is 1.21. The van der Waals surface area contributed by atoms with Crippen molar-refractivity contribution in [1.29, 1.82) is 0 Å². The quantitative estimate of drug-likeness (QED) is 0.666. The molecule has 0 bridgehead atoms. The van der Waals surface area contributed by atoms with Crippen LogP contribution in [0.25, 0.3) is 0 Å². The highest BCUT2D eigenvalue weighted by molar-refractivity contribution is 5.34. The normalized spacial score (nSPS) is 9.62. The molecule has 0 radical (unpaired) electrons. The van der Waals surface area contributed by atoms with Crippen LogP contribution in [0.15, 0.2) is 24.9 Å². The fraction of sp³-hybridized carbons (Fsp3) is 0.250. The van der Waals surface area contributed by atoms with E-state index in [0.29, 0.717) is 5.69 Å². The van der Waals surface area contributed by atoms with Gasteiger partial charge in [0.15, 0.2) is 0 Å². The van der Waals surface area contributed by atoms with Crippen molar-refractivity contribution in [2.45, 2.75) is 13.3 Å². The van der Waals surface area contributed by atoms with Gasteiger partial charge in [-0.25, -0.2) is 9.97 Å². The molecule has 2 aromatic rings. The predicted molar refractivity (Wildman–Crippen MR) is 60.6 cm³/mol. The minimum atomic E-state index is 0.679. The van der Waals surface area contributed by atoms with Gasteiger partial charge >= 0.3 is 0 Å². The molecule has 2 aromatic heterocycles. The number of hydrogen-bond donors (Lipinski definition) is 0. The molecule has 0 unspecified atom stereocenters. The summed E-state index contributed by atoms with van der Waals surface area (Å²) in [4.78, 5) is 12.4. The van der Waals surface area contributed by atoms with Crippen LogP contribution >= 0.6 is 0 Å². The number of hydrogen-bond acceptors (Lipinski definition) is 3. The minimum absolute atomic E-state index is 0.679. The van der Waals surface area contributed by atoms with Gasteiger partial charge in [-0.3, -0.25) is 4.98 Å². The molecule has 2 heterocycles. The molecule has 0 amide bonds. The second-order valence-corrected chi connectivity index (χ2v) is 3.39. The Morgan fingerprint density at radius 3 is 2.62 bits per heavy atom. The van der Waals surface area contributed by atoms with Gasteiger partial charge in [-0.2, -0.15) is 0 Å². The van der Waals surface area contributed by atoms with Gasteiger partial charge in [0.25, 0.3) is 0 Å². The van der Waals surface area contributed by atoms with E-state index in [9.17, 15) is 0 Å². The first-order valence-electron chi connectivity index (χ1n) is 5.09. The molecule has 80 valence electrons. The molecule has 0 aromatic carbocycles. The summed E-state index contributed by atoms with van der Waals surface area (Å²) in [5, 5.41) is 0. The second kappa shape index (κ2) is 4.58. The number of rotatable bonds is 1. The molecule has 0 aliphatic carbocycles. The molecule has 0 atom stereocenters. The molecule has 2 rings (SSSR count). The van der Waals surface area contributed by atoms with Crippen molar-refractivity contribution in [2.24, 2.45) is 7.05 Å². The third kappa shape index (κ3) is 2.26. The van der Waals surface area contributed by atoms with Crippen LogP contribution in [0.1, 0.15) is 24.0 Å². The Morgan fingerprint density at radius 2 is 2.06 bits per heavy atom. The molecule has 0 fully saturated rings. The van der Waals surface area contributed by atoms with Gasteiger partial charge in [-0.15, -0.1) is 0 Å². The first-order chi connectivity index (χ1) is 7.79. The lowest BCUT2D eigenvalue weighted by Gasteiger charge is -1.93. The average Bonchev–Trinajstić information content (AvgIpc) is 2.73. The molecule has 0 N–H and O–H groups in total. The van der Waals surface area contributed by atoms with E-state index < -0.39 is 0 Å². The summed E-state index contributed by atoms with van der Waals surface area (Å²) in [6.07, 6.45) is 7.79. The van der Waals surface area contributed by atoms with Crippen molar-refractivity contribution in [3.05, 3.63) is 42.0 Å². The van der Waals surface area contributed by atoms with Crippen molar-refractivity contribution in [3.63, 3.8) is 0 Å². The molecule has 16 heavy (non-hydrogen) atoms. The van der Waals surface area contributed by atoms with Gasteiger partial charge in [0.1, 0.15) is 11.4 Å². The van der Waals surface area contributed by atoms with E-state index in [4.69, 9.17) is 0 Å². The van der Waals surface area contributed by atoms with Crippen molar-refractivity contribution in [3.8, 4) is 11.8 Å². The molecule has 4 nitrogen and oxygen atoms in total. The number of imidazole rings is 1. The fourth-order valence-corrected chi connectivity index (χ4v) is 1.21. The minimum Gasteiger partial charge on any atom is -0.327 e. The predicted octanol–water partition coefficient (Wildman–Crippen LogP) is 1.17. The van der Waals surface area contributed by atoms with Crippen LogP contribution in [0.2, 0.25) is 0 Å². The van der Waals surface area contributed by atoms with Crippen molar-refractivity contribution in [2.75, 3.05) is 0 Å². The molecule has 0 aliphatic rings. The van der Waals surface area contributed by atoms with Crippen LogP contribution in [0.3, 0.4) is 0 Å². The Morgan fingerprint density at radius 1 is 1.19 bits per heavy atom. The average molecular weight is 212 g/mol. The van der Waals surface area contributed by atoms with E-state index in [1.807, 2.05) is 18.5 Å². The SMILES string of the molecule is CCc1cnc(C#Cc2cncn2C)cn1. The summed E-state index contributed by atoms with van der Waals surface area (Å²) < 4.78 is 1.86. The zero-order valence-corrected chi connectivity index (χ0v) is 9.31. The van der Waals surface area contributed by atoms with E-state index in [1.54, 1.807) is 24.9 Å². The molecular weight excluding hydrogens is 200 g/mol. The number of aryl methyl sites for hydroxylation is 2. The zero-order valence-electron chi connectivity index (χ0n) is 9.31. The van der Waals surface area contributed by atoms with Gasteiger partial charge in [0.05, 0.1) is 24.4 Å². The number of aromatic nitrogens is 4. The smallest absolute Gasteiger partial charge is 0.131 e. The van der Waals surface area contributed by atoms with Crippen LogP contribution < -0.4 is 0 Å². The zero-order chi connectivity index (χ0) is 11.4. The molecule has 0 aliphatic heterocycles. The highest BCUT2D eigenvalue weighted by atomic mass is 15.0. The Bertz CT molecular complexity index is 528. The van der Waals surface area contributed by atoms with Gasteiger partial charge < -0.3 is 4.57 Å². The first-order valence-corrected chi connectivity index (χ1v) is 5.09. The number of nitrogens with zero attached hydrogens (tertiary/aromatic N) is 4. The van der Waals surface area contributed by atoms with E-state index in [-0.39, 0.29) is 0 Å². The van der Waals surface area contributed by atoms with E-state index in [1.165, 1.54) is 0 Å². The van der Waals surface area contributed by atoms with Gasteiger partial charge in [0, 0.05) is 13.2 Å². The molecular formula is C12H12N4. The summed E-state index contributed by atoms with van der Waals surface area (Å²) in [5.74, 6) is 5.95. The lowest BCUT2D eigenvalue weighted by molar-refractivity contribution is 0.899. The van der Waals surface area contributed by atoms with Crippen molar-refractivity contribution >= 4 is 0 Å². The monoisotopic (exact) mass is 212 g/mol. The Balaban J connectivity index is 2.21. The van der Waals surface area contributed by atoms with Gasteiger partial charge in [-0.1, -0.05) is 6.92 Å². The van der Waals surface area contributed by atoms with Crippen molar-refractivity contribution in [1.82, 2.24) is 19.5 Å². The summed E-state index contributed by atoms with van der Waals surface area (Å²) in [6.45, 7) is 2.05. The topological polar surface area (TPSA) is 43.6 Å². The largest absolute Gasteiger partial charge is 0.327 e. The van der Waals surface area contributed by atoms with Gasteiger partial charge in [-0.05, 0) is 18.3 Å².